The number of hydrogen-bond donors (Lipinski definition) is 1. The van der Waals surface area contributed by atoms with Gasteiger partial charge in [0, 0.05) is 11.6 Å². The van der Waals surface area contributed by atoms with E-state index in [1.54, 1.807) is 18.6 Å². The third-order valence-corrected chi connectivity index (χ3v) is 3.03. The molecule has 0 aliphatic rings. The lowest BCUT2D eigenvalue weighted by Crippen LogP contribution is -1.90. The van der Waals surface area contributed by atoms with Gasteiger partial charge in [-0.15, -0.1) is 0 Å². The molecule has 0 amide bonds. The maximum Gasteiger partial charge on any atom is 0.108 e. The Labute approximate surface area is 108 Å². The van der Waals surface area contributed by atoms with Crippen LogP contribution in [0.25, 0.3) is 33.3 Å². The van der Waals surface area contributed by atoms with E-state index in [2.05, 4.69) is 25.1 Å². The van der Waals surface area contributed by atoms with Gasteiger partial charge in [-0.05, 0) is 24.3 Å². The first-order chi connectivity index (χ1) is 9.40. The smallest absolute Gasteiger partial charge is 0.108 e. The molecular formula is C14H9N5. The van der Waals surface area contributed by atoms with Gasteiger partial charge >= 0.3 is 0 Å². The van der Waals surface area contributed by atoms with E-state index < -0.39 is 0 Å². The number of rotatable bonds is 1. The van der Waals surface area contributed by atoms with Crippen LogP contribution in [-0.4, -0.2) is 25.1 Å². The van der Waals surface area contributed by atoms with E-state index >= 15 is 0 Å². The number of aromatic amines is 1. The Morgan fingerprint density at radius 3 is 2.79 bits per heavy atom. The van der Waals surface area contributed by atoms with Gasteiger partial charge in [0.2, 0.25) is 0 Å². The molecule has 4 aromatic rings. The molecule has 5 heteroatoms. The van der Waals surface area contributed by atoms with Crippen LogP contribution < -0.4 is 0 Å². The average molecular weight is 247 g/mol. The molecule has 19 heavy (non-hydrogen) atoms. The molecule has 0 fully saturated rings. The first kappa shape index (κ1) is 10.1. The second-order valence-electron chi connectivity index (χ2n) is 4.27. The van der Waals surface area contributed by atoms with E-state index in [9.17, 15) is 0 Å². The fourth-order valence-electron chi connectivity index (χ4n) is 2.09. The highest BCUT2D eigenvalue weighted by Gasteiger charge is 2.05. The van der Waals surface area contributed by atoms with Crippen molar-refractivity contribution < 1.29 is 0 Å². The summed E-state index contributed by atoms with van der Waals surface area (Å²) in [6.45, 7) is 0. The zero-order valence-corrected chi connectivity index (χ0v) is 9.91. The van der Waals surface area contributed by atoms with Crippen LogP contribution in [0.4, 0.5) is 0 Å². The van der Waals surface area contributed by atoms with Gasteiger partial charge in [-0.25, -0.2) is 4.98 Å². The SMILES string of the molecule is c1ccc(-c2cnc3cc4[nH]ncc4cc3n2)nc1. The van der Waals surface area contributed by atoms with Crippen LogP contribution in [0, 0.1) is 0 Å². The van der Waals surface area contributed by atoms with Crippen LogP contribution in [0.3, 0.4) is 0 Å². The number of nitrogens with one attached hydrogen (secondary N) is 1. The average Bonchev–Trinajstić information content (AvgIpc) is 2.92. The number of fused-ring (bicyclic) bond motifs is 2. The summed E-state index contributed by atoms with van der Waals surface area (Å²) in [6, 6.07) is 9.67. The summed E-state index contributed by atoms with van der Waals surface area (Å²) in [5.41, 5.74) is 4.25. The molecular weight excluding hydrogens is 238 g/mol. The van der Waals surface area contributed by atoms with Crippen LogP contribution in [0.2, 0.25) is 0 Å². The molecule has 0 aliphatic heterocycles. The number of hydrogen-bond acceptors (Lipinski definition) is 4. The molecule has 1 aromatic carbocycles. The van der Waals surface area contributed by atoms with Crippen molar-refractivity contribution in [3.05, 3.63) is 48.9 Å². The fourth-order valence-corrected chi connectivity index (χ4v) is 2.09. The molecule has 0 saturated heterocycles. The molecule has 0 atom stereocenters. The zero-order valence-electron chi connectivity index (χ0n) is 9.91. The monoisotopic (exact) mass is 247 g/mol. The maximum absolute atomic E-state index is 4.61. The van der Waals surface area contributed by atoms with Crippen LogP contribution in [0.5, 0.6) is 0 Å². The summed E-state index contributed by atoms with van der Waals surface area (Å²) in [5, 5.41) is 7.97. The molecule has 0 radical (unpaired) electrons. The van der Waals surface area contributed by atoms with E-state index in [-0.39, 0.29) is 0 Å². The number of nitrogens with zero attached hydrogens (tertiary/aromatic N) is 4. The number of aromatic nitrogens is 5. The van der Waals surface area contributed by atoms with Crippen molar-refractivity contribution in [2.75, 3.05) is 0 Å². The Morgan fingerprint density at radius 1 is 0.895 bits per heavy atom. The van der Waals surface area contributed by atoms with Crippen molar-refractivity contribution in [1.82, 2.24) is 25.1 Å². The van der Waals surface area contributed by atoms with Crippen LogP contribution in [0.15, 0.2) is 48.9 Å². The summed E-state index contributed by atoms with van der Waals surface area (Å²) in [5.74, 6) is 0. The number of H-pyrrole nitrogens is 1. The van der Waals surface area contributed by atoms with Gasteiger partial charge < -0.3 is 0 Å². The molecule has 90 valence electrons. The molecule has 3 heterocycles. The van der Waals surface area contributed by atoms with Gasteiger partial charge in [0.25, 0.3) is 0 Å². The summed E-state index contributed by atoms with van der Waals surface area (Å²) >= 11 is 0. The Hall–Kier alpha value is -2.82. The van der Waals surface area contributed by atoms with Gasteiger partial charge in [0.15, 0.2) is 0 Å². The minimum atomic E-state index is 0.774. The van der Waals surface area contributed by atoms with Crippen molar-refractivity contribution in [3.8, 4) is 11.4 Å². The largest absolute Gasteiger partial charge is 0.278 e. The second kappa shape index (κ2) is 3.84. The van der Waals surface area contributed by atoms with E-state index in [0.717, 1.165) is 33.3 Å². The Bertz CT molecular complexity index is 867. The van der Waals surface area contributed by atoms with Gasteiger partial charge in [0.1, 0.15) is 5.69 Å². The molecule has 0 bridgehead atoms. The predicted octanol–water partition coefficient (Wildman–Crippen LogP) is 2.57. The fraction of sp³-hybridized carbons (Fsp3) is 0. The van der Waals surface area contributed by atoms with E-state index in [4.69, 9.17) is 0 Å². The van der Waals surface area contributed by atoms with Gasteiger partial charge in [-0.3, -0.25) is 15.1 Å². The van der Waals surface area contributed by atoms with Crippen molar-refractivity contribution in [3.63, 3.8) is 0 Å². The van der Waals surface area contributed by atoms with Crippen molar-refractivity contribution in [2.24, 2.45) is 0 Å². The molecule has 4 rings (SSSR count). The molecule has 5 nitrogen and oxygen atoms in total. The maximum atomic E-state index is 4.61. The molecule has 3 aromatic heterocycles. The van der Waals surface area contributed by atoms with Crippen molar-refractivity contribution >= 4 is 21.9 Å². The highest BCUT2D eigenvalue weighted by atomic mass is 15.1. The van der Waals surface area contributed by atoms with Gasteiger partial charge in [0.05, 0.1) is 34.6 Å². The minimum Gasteiger partial charge on any atom is -0.278 e. The third-order valence-electron chi connectivity index (χ3n) is 3.03. The van der Waals surface area contributed by atoms with Crippen LogP contribution in [0.1, 0.15) is 0 Å². The first-order valence-corrected chi connectivity index (χ1v) is 5.91. The summed E-state index contributed by atoms with van der Waals surface area (Å²) in [6.07, 6.45) is 5.28. The van der Waals surface area contributed by atoms with Crippen molar-refractivity contribution in [1.29, 1.82) is 0 Å². The molecule has 0 unspecified atom stereocenters. The third kappa shape index (κ3) is 1.63. The minimum absolute atomic E-state index is 0.774. The Balaban J connectivity index is 1.97. The topological polar surface area (TPSA) is 67.3 Å². The number of pyridine rings is 1. The number of benzene rings is 1. The zero-order chi connectivity index (χ0) is 12.7. The molecule has 0 spiro atoms. The highest BCUT2D eigenvalue weighted by Crippen LogP contribution is 2.21. The van der Waals surface area contributed by atoms with Crippen molar-refractivity contribution in [2.45, 2.75) is 0 Å². The first-order valence-electron chi connectivity index (χ1n) is 5.91. The van der Waals surface area contributed by atoms with Gasteiger partial charge in [-0.1, -0.05) is 6.07 Å². The lowest BCUT2D eigenvalue weighted by Gasteiger charge is -2.01. The quantitative estimate of drug-likeness (QED) is 0.561. The second-order valence-corrected chi connectivity index (χ2v) is 4.27. The Kier molecular flexibility index (Phi) is 2.05. The Morgan fingerprint density at radius 2 is 1.89 bits per heavy atom. The van der Waals surface area contributed by atoms with Crippen LogP contribution in [-0.2, 0) is 0 Å². The van der Waals surface area contributed by atoms with E-state index in [0.29, 0.717) is 0 Å². The normalized spacial score (nSPS) is 11.2. The summed E-state index contributed by atoms with van der Waals surface area (Å²) < 4.78 is 0. The standard InChI is InChI=1S/C14H9N5/c1-2-4-15-10(3-1)14-8-16-12-6-11-9(7-17-19-11)5-13(12)18-14/h1-8H,(H,17,19). The molecule has 0 saturated carbocycles. The molecule has 1 N–H and O–H groups in total. The molecule has 0 aliphatic carbocycles. The van der Waals surface area contributed by atoms with Gasteiger partial charge in [-0.2, -0.15) is 5.10 Å². The predicted molar refractivity (Wildman–Crippen MR) is 72.4 cm³/mol. The summed E-state index contributed by atoms with van der Waals surface area (Å²) in [7, 11) is 0. The van der Waals surface area contributed by atoms with Crippen LogP contribution >= 0.6 is 0 Å². The lowest BCUT2D eigenvalue weighted by molar-refractivity contribution is 1.12. The van der Waals surface area contributed by atoms with E-state index in [1.165, 1.54) is 0 Å². The van der Waals surface area contributed by atoms with E-state index in [1.807, 2.05) is 30.3 Å². The summed E-state index contributed by atoms with van der Waals surface area (Å²) in [4.78, 5) is 13.3. The highest BCUT2D eigenvalue weighted by molar-refractivity contribution is 5.92. The lowest BCUT2D eigenvalue weighted by atomic mass is 10.2.